The molecule has 1 saturated heterocycles. The van der Waals surface area contributed by atoms with E-state index in [1.807, 2.05) is 38.1 Å². The number of carbonyl (C=O) groups excluding carboxylic acids is 2. The van der Waals surface area contributed by atoms with Crippen molar-refractivity contribution in [2.45, 2.75) is 20.5 Å². The minimum Gasteiger partial charge on any atom is -0.490 e. The number of hydrogen-bond donors (Lipinski definition) is 1. The lowest BCUT2D eigenvalue weighted by molar-refractivity contribution is -0.128. The Hall–Kier alpha value is -2.71. The lowest BCUT2D eigenvalue weighted by Crippen LogP contribution is -2.52. The second-order valence-corrected chi connectivity index (χ2v) is 7.95. The van der Waals surface area contributed by atoms with Crippen molar-refractivity contribution in [3.05, 3.63) is 63.1 Å². The number of aryl methyl sites for hydroxylation is 1. The third-order valence-corrected chi connectivity index (χ3v) is 5.55. The molecule has 1 fully saturated rings. The quantitative estimate of drug-likeness (QED) is 0.378. The molecule has 30 heavy (non-hydrogen) atoms. The summed E-state index contributed by atoms with van der Waals surface area (Å²) in [5.74, 6) is 0.0809. The molecule has 0 aromatic heterocycles. The minimum atomic E-state index is -0.535. The number of amides is 2. The number of carbonyl (C=O) groups is 2. The molecule has 0 aliphatic carbocycles. The molecule has 1 N–H and O–H groups in total. The molecule has 156 valence electrons. The Morgan fingerprint density at radius 1 is 1.13 bits per heavy atom. The van der Waals surface area contributed by atoms with Crippen molar-refractivity contribution in [3.8, 4) is 11.5 Å². The molecule has 8 heteroatoms. The smallest absolute Gasteiger partial charge is 0.265 e. The Morgan fingerprint density at radius 2 is 1.80 bits per heavy atom. The molecule has 0 spiro atoms. The molecule has 1 aliphatic rings. The first kappa shape index (κ1) is 22.0. The van der Waals surface area contributed by atoms with Crippen LogP contribution < -0.4 is 14.8 Å². The van der Waals surface area contributed by atoms with E-state index in [1.54, 1.807) is 12.1 Å². The number of benzene rings is 2. The average Bonchev–Trinajstić information content (AvgIpc) is 2.71. The zero-order valence-corrected chi connectivity index (χ0v) is 19.2. The summed E-state index contributed by atoms with van der Waals surface area (Å²) in [6, 6.07) is 11.6. The van der Waals surface area contributed by atoms with Crippen LogP contribution >= 0.6 is 28.1 Å². The van der Waals surface area contributed by atoms with Crippen molar-refractivity contribution in [2.24, 2.45) is 0 Å². The summed E-state index contributed by atoms with van der Waals surface area (Å²) in [6.45, 7) is 4.73. The van der Waals surface area contributed by atoms with E-state index in [4.69, 9.17) is 21.7 Å². The van der Waals surface area contributed by atoms with Gasteiger partial charge in [-0.2, -0.15) is 0 Å². The summed E-state index contributed by atoms with van der Waals surface area (Å²) >= 11 is 8.47. The van der Waals surface area contributed by atoms with Crippen LogP contribution in [0.4, 0.5) is 0 Å². The zero-order valence-electron chi connectivity index (χ0n) is 16.8. The Kier molecular flexibility index (Phi) is 6.89. The van der Waals surface area contributed by atoms with Crippen LogP contribution in [0, 0.1) is 6.92 Å². The van der Waals surface area contributed by atoms with Gasteiger partial charge in [0.05, 0.1) is 6.61 Å². The molecule has 2 aromatic rings. The Morgan fingerprint density at radius 3 is 2.47 bits per heavy atom. The lowest BCUT2D eigenvalue weighted by Gasteiger charge is -2.25. The van der Waals surface area contributed by atoms with E-state index in [-0.39, 0.29) is 10.7 Å². The maximum absolute atomic E-state index is 12.5. The number of nitrogens with one attached hydrogen (secondary N) is 1. The maximum atomic E-state index is 12.5. The van der Waals surface area contributed by atoms with Crippen molar-refractivity contribution in [1.82, 2.24) is 10.2 Å². The predicted molar refractivity (Wildman–Crippen MR) is 122 cm³/mol. The SMILES string of the molecule is CCOc1cc(/C=C2\C(=O)NC(=S)N(C)C2=O)c(Br)cc1OCc1ccc(C)cc1. The minimum absolute atomic E-state index is 0.0115. The average molecular weight is 489 g/mol. The molecule has 2 aromatic carbocycles. The van der Waals surface area contributed by atoms with Crippen LogP contribution in [0.5, 0.6) is 11.5 Å². The fourth-order valence-corrected chi connectivity index (χ4v) is 3.40. The van der Waals surface area contributed by atoms with Crippen molar-refractivity contribution >= 4 is 51.2 Å². The van der Waals surface area contributed by atoms with E-state index in [2.05, 4.69) is 21.2 Å². The van der Waals surface area contributed by atoms with E-state index < -0.39 is 11.8 Å². The topological polar surface area (TPSA) is 67.9 Å². The summed E-state index contributed by atoms with van der Waals surface area (Å²) in [5.41, 5.74) is 2.82. The van der Waals surface area contributed by atoms with Gasteiger partial charge in [-0.25, -0.2) is 0 Å². The first-order valence-electron chi connectivity index (χ1n) is 9.30. The van der Waals surface area contributed by atoms with Gasteiger partial charge in [0.2, 0.25) is 0 Å². The highest BCUT2D eigenvalue weighted by atomic mass is 79.9. The first-order chi connectivity index (χ1) is 14.3. The van der Waals surface area contributed by atoms with Crippen LogP contribution in [-0.4, -0.2) is 35.5 Å². The third kappa shape index (κ3) is 4.88. The van der Waals surface area contributed by atoms with Gasteiger partial charge in [-0.05, 0) is 55.4 Å². The van der Waals surface area contributed by atoms with E-state index in [9.17, 15) is 9.59 Å². The molecule has 0 saturated carbocycles. The second-order valence-electron chi connectivity index (χ2n) is 6.71. The molecule has 0 radical (unpaired) electrons. The molecule has 1 aliphatic heterocycles. The van der Waals surface area contributed by atoms with Crippen LogP contribution in [0.2, 0.25) is 0 Å². The standard InChI is InChI=1S/C22H21BrN2O4S/c1-4-28-18-10-15(9-16-20(26)24-22(30)25(3)21(16)27)17(23)11-19(18)29-12-14-7-5-13(2)6-8-14/h5-11H,4,12H2,1-3H3,(H,24,26,30)/b16-9+. The molecular weight excluding hydrogens is 468 g/mol. The van der Waals surface area contributed by atoms with Gasteiger partial charge in [0, 0.05) is 11.5 Å². The molecule has 0 unspecified atom stereocenters. The molecular formula is C22H21BrN2O4S. The summed E-state index contributed by atoms with van der Waals surface area (Å²) in [7, 11) is 1.51. The number of thiocarbonyl (C=S) groups is 1. The summed E-state index contributed by atoms with van der Waals surface area (Å²) in [5, 5.41) is 2.58. The van der Waals surface area contributed by atoms with Gasteiger partial charge >= 0.3 is 0 Å². The van der Waals surface area contributed by atoms with Crippen molar-refractivity contribution in [2.75, 3.05) is 13.7 Å². The largest absolute Gasteiger partial charge is 0.490 e. The van der Waals surface area contributed by atoms with Gasteiger partial charge in [0.25, 0.3) is 11.8 Å². The van der Waals surface area contributed by atoms with Gasteiger partial charge in [0.1, 0.15) is 12.2 Å². The van der Waals surface area contributed by atoms with Crippen LogP contribution in [-0.2, 0) is 16.2 Å². The van der Waals surface area contributed by atoms with E-state index >= 15 is 0 Å². The number of halogens is 1. The van der Waals surface area contributed by atoms with Gasteiger partial charge in [-0.1, -0.05) is 45.8 Å². The molecule has 6 nitrogen and oxygen atoms in total. The molecule has 2 amide bonds. The highest BCUT2D eigenvalue weighted by Gasteiger charge is 2.31. The van der Waals surface area contributed by atoms with E-state index in [0.717, 1.165) is 5.56 Å². The van der Waals surface area contributed by atoms with Crippen LogP contribution in [0.15, 0.2) is 46.4 Å². The Labute approximate surface area is 189 Å². The summed E-state index contributed by atoms with van der Waals surface area (Å²) in [4.78, 5) is 25.9. The van der Waals surface area contributed by atoms with E-state index in [1.165, 1.54) is 23.6 Å². The van der Waals surface area contributed by atoms with Gasteiger partial charge in [-0.3, -0.25) is 19.8 Å². The molecule has 3 rings (SSSR count). The predicted octanol–water partition coefficient (Wildman–Crippen LogP) is 3.99. The normalized spacial score (nSPS) is 15.4. The second kappa shape index (κ2) is 9.40. The number of likely N-dealkylation sites (N-methyl/N-ethyl adjacent to an activating group) is 1. The first-order valence-corrected chi connectivity index (χ1v) is 10.5. The van der Waals surface area contributed by atoms with Gasteiger partial charge in [-0.15, -0.1) is 0 Å². The fourth-order valence-electron chi connectivity index (χ4n) is 2.79. The van der Waals surface area contributed by atoms with Crippen molar-refractivity contribution < 1.29 is 19.1 Å². The summed E-state index contributed by atoms with van der Waals surface area (Å²) in [6.07, 6.45) is 1.51. The molecule has 0 bridgehead atoms. The Balaban J connectivity index is 1.90. The van der Waals surface area contributed by atoms with Gasteiger partial charge in [0.15, 0.2) is 16.6 Å². The highest BCUT2D eigenvalue weighted by Crippen LogP contribution is 2.35. The van der Waals surface area contributed by atoms with Gasteiger partial charge < -0.3 is 9.47 Å². The third-order valence-electron chi connectivity index (χ3n) is 4.48. The van der Waals surface area contributed by atoms with Crippen LogP contribution in [0.3, 0.4) is 0 Å². The van der Waals surface area contributed by atoms with Crippen LogP contribution in [0.1, 0.15) is 23.6 Å². The van der Waals surface area contributed by atoms with E-state index in [0.29, 0.717) is 34.7 Å². The highest BCUT2D eigenvalue weighted by molar-refractivity contribution is 9.10. The molecule has 0 atom stereocenters. The monoisotopic (exact) mass is 488 g/mol. The van der Waals surface area contributed by atoms with Crippen molar-refractivity contribution in [3.63, 3.8) is 0 Å². The number of ether oxygens (including phenoxy) is 2. The Bertz CT molecular complexity index is 1030. The number of rotatable bonds is 6. The number of hydrogen-bond acceptors (Lipinski definition) is 5. The fraction of sp³-hybridized carbons (Fsp3) is 0.227. The lowest BCUT2D eigenvalue weighted by atomic mass is 10.1. The molecule has 1 heterocycles. The maximum Gasteiger partial charge on any atom is 0.265 e. The summed E-state index contributed by atoms with van der Waals surface area (Å²) < 4.78 is 12.4. The zero-order chi connectivity index (χ0) is 21.8. The number of nitrogens with zero attached hydrogens (tertiary/aromatic N) is 1. The van der Waals surface area contributed by atoms with Crippen LogP contribution in [0.25, 0.3) is 6.08 Å². The van der Waals surface area contributed by atoms with Crippen molar-refractivity contribution in [1.29, 1.82) is 0 Å².